The normalized spacial score (nSPS) is 10.6. The minimum atomic E-state index is -1.24. The number of unbranched alkanes of at least 4 members (excludes halogenated alkanes) is 6. The number of carbonyl (C=O) groups is 1. The summed E-state index contributed by atoms with van der Waals surface area (Å²) in [6, 6.07) is 14.8. The molecule has 1 aromatic heterocycles. The molecule has 3 N–H and O–H groups in total. The molecule has 9 nitrogen and oxygen atoms in total. The van der Waals surface area contributed by atoms with Gasteiger partial charge in [0.15, 0.2) is 0 Å². The average molecular weight is 508 g/mol. The first kappa shape index (κ1) is 27.7. The molecule has 37 heavy (non-hydrogen) atoms. The van der Waals surface area contributed by atoms with E-state index in [4.69, 9.17) is 9.47 Å². The Kier molecular flexibility index (Phi) is 11.4. The molecular formula is C28H37N5O4. The second-order valence-corrected chi connectivity index (χ2v) is 8.73. The van der Waals surface area contributed by atoms with E-state index in [2.05, 4.69) is 39.4 Å². The van der Waals surface area contributed by atoms with Gasteiger partial charge in [-0.2, -0.15) is 15.0 Å². The largest absolute Gasteiger partial charge is 0.494 e. The third kappa shape index (κ3) is 9.95. The van der Waals surface area contributed by atoms with Gasteiger partial charge in [-0.05, 0) is 61.4 Å². The number of nitrogens with one attached hydrogen (secondary N) is 2. The van der Waals surface area contributed by atoms with E-state index in [0.29, 0.717) is 24.6 Å². The van der Waals surface area contributed by atoms with E-state index >= 15 is 0 Å². The van der Waals surface area contributed by atoms with Crippen LogP contribution < -0.4 is 20.1 Å². The van der Waals surface area contributed by atoms with Crippen molar-refractivity contribution < 1.29 is 19.4 Å². The van der Waals surface area contributed by atoms with Crippen molar-refractivity contribution in [3.05, 3.63) is 54.4 Å². The summed E-state index contributed by atoms with van der Waals surface area (Å²) in [4.78, 5) is 24.0. The van der Waals surface area contributed by atoms with Crippen LogP contribution >= 0.6 is 0 Å². The lowest BCUT2D eigenvalue weighted by Gasteiger charge is -2.11. The molecule has 2 aromatic carbocycles. The highest BCUT2D eigenvalue weighted by molar-refractivity contribution is 5.84. The average Bonchev–Trinajstić information content (AvgIpc) is 2.90. The van der Waals surface area contributed by atoms with Gasteiger partial charge in [0.25, 0.3) is 0 Å². The van der Waals surface area contributed by atoms with E-state index in [1.807, 2.05) is 48.5 Å². The number of carboxylic acid groups (broad SMARTS) is 1. The number of anilines is 4. The third-order valence-corrected chi connectivity index (χ3v) is 5.58. The highest BCUT2D eigenvalue weighted by atomic mass is 16.5. The molecule has 0 fully saturated rings. The van der Waals surface area contributed by atoms with Crippen molar-refractivity contribution in [1.29, 1.82) is 0 Å². The van der Waals surface area contributed by atoms with Gasteiger partial charge in [0.05, 0.1) is 13.2 Å². The van der Waals surface area contributed by atoms with Crippen LogP contribution in [0, 0.1) is 0 Å². The van der Waals surface area contributed by atoms with Crippen LogP contribution in [-0.4, -0.2) is 39.2 Å². The number of benzene rings is 2. The SMILES string of the molecule is CCCCCCOc1ccc(Nc2nc(Nc3ccc(OCCCCCC)cc3)nc(C(=O)O)n2)cc1. The highest BCUT2D eigenvalue weighted by Crippen LogP contribution is 2.22. The van der Waals surface area contributed by atoms with Gasteiger partial charge in [0.1, 0.15) is 11.5 Å². The van der Waals surface area contributed by atoms with Gasteiger partial charge < -0.3 is 25.2 Å². The quantitative estimate of drug-likeness (QED) is 0.166. The summed E-state index contributed by atoms with van der Waals surface area (Å²) in [5, 5.41) is 15.6. The smallest absolute Gasteiger partial charge is 0.374 e. The van der Waals surface area contributed by atoms with Crippen molar-refractivity contribution in [3.8, 4) is 11.5 Å². The Morgan fingerprint density at radius 1 is 0.676 bits per heavy atom. The number of hydrogen-bond acceptors (Lipinski definition) is 8. The van der Waals surface area contributed by atoms with Gasteiger partial charge in [-0.1, -0.05) is 52.4 Å². The van der Waals surface area contributed by atoms with E-state index < -0.39 is 5.97 Å². The number of hydrogen-bond donors (Lipinski definition) is 3. The summed E-state index contributed by atoms with van der Waals surface area (Å²) in [6.45, 7) is 5.73. The zero-order valence-electron chi connectivity index (χ0n) is 21.7. The van der Waals surface area contributed by atoms with Crippen LogP contribution in [0.1, 0.15) is 75.8 Å². The van der Waals surface area contributed by atoms with Gasteiger partial charge in [0, 0.05) is 11.4 Å². The van der Waals surface area contributed by atoms with Crippen LogP contribution in [0.15, 0.2) is 48.5 Å². The molecule has 0 saturated carbocycles. The minimum Gasteiger partial charge on any atom is -0.494 e. The standard InChI is InChI=1S/C28H37N5O4/c1-3-5-7-9-19-36-23-15-11-21(12-16-23)29-27-31-25(26(34)35)32-28(33-27)30-22-13-17-24(18-14-22)37-20-10-8-6-4-2/h11-18H,3-10,19-20H2,1-2H3,(H,34,35)(H2,29,30,31,32,33). The number of aromatic nitrogens is 3. The van der Waals surface area contributed by atoms with Gasteiger partial charge in [-0.15, -0.1) is 0 Å². The van der Waals surface area contributed by atoms with Crippen molar-refractivity contribution in [2.24, 2.45) is 0 Å². The maximum absolute atomic E-state index is 11.6. The molecule has 0 bridgehead atoms. The second-order valence-electron chi connectivity index (χ2n) is 8.73. The van der Waals surface area contributed by atoms with Crippen LogP contribution in [0.25, 0.3) is 0 Å². The van der Waals surface area contributed by atoms with Crippen LogP contribution in [0.2, 0.25) is 0 Å². The zero-order chi connectivity index (χ0) is 26.3. The second kappa shape index (κ2) is 15.3. The molecule has 9 heteroatoms. The molecule has 0 aliphatic heterocycles. The van der Waals surface area contributed by atoms with Crippen molar-refractivity contribution >= 4 is 29.2 Å². The molecule has 0 aliphatic carbocycles. The molecular weight excluding hydrogens is 470 g/mol. The van der Waals surface area contributed by atoms with Crippen molar-refractivity contribution in [1.82, 2.24) is 15.0 Å². The first-order valence-electron chi connectivity index (χ1n) is 13.1. The fraction of sp³-hybridized carbons (Fsp3) is 0.429. The highest BCUT2D eigenvalue weighted by Gasteiger charge is 2.13. The monoisotopic (exact) mass is 507 g/mol. The number of carboxylic acids is 1. The predicted octanol–water partition coefficient (Wildman–Crippen LogP) is 6.98. The predicted molar refractivity (Wildman–Crippen MR) is 146 cm³/mol. The number of nitrogens with zero attached hydrogens (tertiary/aromatic N) is 3. The van der Waals surface area contributed by atoms with Gasteiger partial charge in [-0.3, -0.25) is 0 Å². The van der Waals surface area contributed by atoms with Crippen LogP contribution in [0.4, 0.5) is 23.3 Å². The summed E-state index contributed by atoms with van der Waals surface area (Å²) in [5.41, 5.74) is 1.40. The summed E-state index contributed by atoms with van der Waals surface area (Å²) >= 11 is 0. The Morgan fingerprint density at radius 3 is 1.49 bits per heavy atom. The Bertz CT molecular complexity index is 1010. The molecule has 0 aliphatic rings. The Hall–Kier alpha value is -3.88. The molecule has 0 atom stereocenters. The van der Waals surface area contributed by atoms with Gasteiger partial charge in [0.2, 0.25) is 17.7 Å². The molecule has 3 rings (SSSR count). The van der Waals surface area contributed by atoms with Crippen molar-refractivity contribution in [2.75, 3.05) is 23.8 Å². The van der Waals surface area contributed by atoms with Gasteiger partial charge in [-0.25, -0.2) is 4.79 Å². The third-order valence-electron chi connectivity index (χ3n) is 5.58. The number of ether oxygens (including phenoxy) is 2. The molecule has 0 unspecified atom stereocenters. The first-order chi connectivity index (χ1) is 18.1. The van der Waals surface area contributed by atoms with Crippen LogP contribution in [0.5, 0.6) is 11.5 Å². The lowest BCUT2D eigenvalue weighted by Crippen LogP contribution is -2.11. The topological polar surface area (TPSA) is 118 Å². The molecule has 0 radical (unpaired) electrons. The van der Waals surface area contributed by atoms with E-state index in [1.165, 1.54) is 25.7 Å². The molecule has 0 amide bonds. The zero-order valence-corrected chi connectivity index (χ0v) is 21.7. The lowest BCUT2D eigenvalue weighted by atomic mass is 10.2. The first-order valence-corrected chi connectivity index (χ1v) is 13.1. The fourth-order valence-electron chi connectivity index (χ4n) is 3.55. The maximum atomic E-state index is 11.6. The minimum absolute atomic E-state index is 0.121. The summed E-state index contributed by atoms with van der Waals surface area (Å²) in [5.74, 6) is 0.191. The number of rotatable bonds is 17. The summed E-state index contributed by atoms with van der Waals surface area (Å²) < 4.78 is 11.5. The summed E-state index contributed by atoms with van der Waals surface area (Å²) in [7, 11) is 0. The molecule has 0 spiro atoms. The molecule has 0 saturated heterocycles. The van der Waals surface area contributed by atoms with E-state index in [1.54, 1.807) is 0 Å². The summed E-state index contributed by atoms with van der Waals surface area (Å²) in [6.07, 6.45) is 9.20. The van der Waals surface area contributed by atoms with E-state index in [0.717, 1.165) is 37.2 Å². The Morgan fingerprint density at radius 2 is 1.11 bits per heavy atom. The lowest BCUT2D eigenvalue weighted by molar-refractivity contribution is 0.0683. The van der Waals surface area contributed by atoms with Crippen LogP contribution in [-0.2, 0) is 0 Å². The van der Waals surface area contributed by atoms with Gasteiger partial charge >= 0.3 is 5.97 Å². The fourth-order valence-corrected chi connectivity index (χ4v) is 3.55. The Labute approximate surface area is 218 Å². The Balaban J connectivity index is 1.59. The number of aromatic carboxylic acids is 1. The van der Waals surface area contributed by atoms with E-state index in [-0.39, 0.29) is 17.7 Å². The molecule has 198 valence electrons. The van der Waals surface area contributed by atoms with E-state index in [9.17, 15) is 9.90 Å². The van der Waals surface area contributed by atoms with Crippen LogP contribution in [0.3, 0.4) is 0 Å². The molecule has 3 aromatic rings. The van der Waals surface area contributed by atoms with Crippen molar-refractivity contribution in [3.63, 3.8) is 0 Å². The van der Waals surface area contributed by atoms with Crippen molar-refractivity contribution in [2.45, 2.75) is 65.2 Å². The maximum Gasteiger partial charge on any atom is 0.374 e. The molecule has 1 heterocycles.